The first-order valence-corrected chi connectivity index (χ1v) is 6.90. The number of aromatic nitrogens is 1. The van der Waals surface area contributed by atoms with Gasteiger partial charge in [0.05, 0.1) is 11.2 Å². The molecule has 0 saturated carbocycles. The minimum Gasteiger partial charge on any atom is -0.507 e. The molecule has 0 aliphatic rings. The number of hydrogen-bond acceptors (Lipinski definition) is 3. The van der Waals surface area contributed by atoms with Crippen LogP contribution in [-0.4, -0.2) is 16.3 Å². The number of hydrogen-bond donors (Lipinski definition) is 1. The fourth-order valence-corrected chi connectivity index (χ4v) is 2.42. The average Bonchev–Trinajstić information content (AvgIpc) is 2.48. The molecule has 0 radical (unpaired) electrons. The summed E-state index contributed by atoms with van der Waals surface area (Å²) < 4.78 is 0.988. The number of fused-ring (bicyclic) bond motifs is 1. The first kappa shape index (κ1) is 12.8. The molecule has 1 aromatic heterocycles. The van der Waals surface area contributed by atoms with Crippen molar-refractivity contribution in [1.29, 1.82) is 0 Å². The van der Waals surface area contributed by atoms with Crippen LogP contribution in [0.1, 0.15) is 5.56 Å². The Morgan fingerprint density at radius 1 is 1.05 bits per heavy atom. The zero-order chi connectivity index (χ0) is 13.9. The van der Waals surface area contributed by atoms with Gasteiger partial charge in [-0.1, -0.05) is 34.1 Å². The number of pyridine rings is 1. The quantitative estimate of drug-likeness (QED) is 0.707. The van der Waals surface area contributed by atoms with E-state index in [4.69, 9.17) is 0 Å². The zero-order valence-corrected chi connectivity index (χ0v) is 12.1. The lowest BCUT2D eigenvalue weighted by molar-refractivity contribution is 0.474. The first-order chi connectivity index (χ1) is 9.75. The van der Waals surface area contributed by atoms with Crippen molar-refractivity contribution in [2.24, 2.45) is 4.99 Å². The van der Waals surface area contributed by atoms with Crippen molar-refractivity contribution >= 4 is 38.7 Å². The van der Waals surface area contributed by atoms with Crippen molar-refractivity contribution in [2.75, 3.05) is 0 Å². The normalized spacial score (nSPS) is 11.2. The van der Waals surface area contributed by atoms with Crippen LogP contribution in [0.15, 0.2) is 64.2 Å². The Morgan fingerprint density at radius 2 is 1.90 bits per heavy atom. The van der Waals surface area contributed by atoms with E-state index in [1.807, 2.05) is 36.4 Å². The van der Waals surface area contributed by atoms with E-state index in [1.54, 1.807) is 24.5 Å². The fourth-order valence-electron chi connectivity index (χ4n) is 1.96. The third-order valence-electron chi connectivity index (χ3n) is 2.97. The molecule has 0 atom stereocenters. The lowest BCUT2D eigenvalue weighted by Gasteiger charge is -2.03. The second kappa shape index (κ2) is 5.43. The van der Waals surface area contributed by atoms with Crippen LogP contribution in [0, 0.1) is 0 Å². The number of para-hydroxylation sites is 1. The van der Waals surface area contributed by atoms with E-state index in [1.165, 1.54) is 0 Å². The smallest absolute Gasteiger partial charge is 0.124 e. The van der Waals surface area contributed by atoms with Crippen LogP contribution in [0.5, 0.6) is 5.75 Å². The molecule has 0 amide bonds. The molecule has 0 fully saturated rings. The lowest BCUT2D eigenvalue weighted by Crippen LogP contribution is -1.83. The molecule has 1 heterocycles. The standard InChI is InChI=1S/C16H11BrN2O/c17-13-7-8-14(16-12(13)5-3-9-18-16)19-10-11-4-1-2-6-15(11)20/h1-10,20H. The van der Waals surface area contributed by atoms with Gasteiger partial charge < -0.3 is 5.11 Å². The van der Waals surface area contributed by atoms with Gasteiger partial charge in [-0.25, -0.2) is 0 Å². The highest BCUT2D eigenvalue weighted by molar-refractivity contribution is 9.10. The van der Waals surface area contributed by atoms with Gasteiger partial charge in [0.15, 0.2) is 0 Å². The van der Waals surface area contributed by atoms with Gasteiger partial charge in [-0.2, -0.15) is 0 Å². The second-order valence-electron chi connectivity index (χ2n) is 4.28. The predicted molar refractivity (Wildman–Crippen MR) is 84.8 cm³/mol. The van der Waals surface area contributed by atoms with Gasteiger partial charge >= 0.3 is 0 Å². The van der Waals surface area contributed by atoms with Crippen molar-refractivity contribution in [3.8, 4) is 5.75 Å². The topological polar surface area (TPSA) is 45.5 Å². The molecule has 0 spiro atoms. The van der Waals surface area contributed by atoms with Crippen LogP contribution in [0.3, 0.4) is 0 Å². The maximum absolute atomic E-state index is 9.73. The van der Waals surface area contributed by atoms with Crippen molar-refractivity contribution < 1.29 is 5.11 Å². The largest absolute Gasteiger partial charge is 0.507 e. The van der Waals surface area contributed by atoms with Gasteiger partial charge in [0.1, 0.15) is 5.75 Å². The maximum Gasteiger partial charge on any atom is 0.124 e. The number of benzene rings is 2. The van der Waals surface area contributed by atoms with E-state index in [2.05, 4.69) is 25.9 Å². The molecule has 3 nitrogen and oxygen atoms in total. The van der Waals surface area contributed by atoms with Crippen LogP contribution in [0.4, 0.5) is 5.69 Å². The molecular weight excluding hydrogens is 316 g/mol. The average molecular weight is 327 g/mol. The van der Waals surface area contributed by atoms with Crippen molar-refractivity contribution in [3.63, 3.8) is 0 Å². The summed E-state index contributed by atoms with van der Waals surface area (Å²) in [5.41, 5.74) is 2.28. The summed E-state index contributed by atoms with van der Waals surface area (Å²) in [5, 5.41) is 10.7. The summed E-state index contributed by atoms with van der Waals surface area (Å²) in [7, 11) is 0. The summed E-state index contributed by atoms with van der Waals surface area (Å²) >= 11 is 3.51. The van der Waals surface area contributed by atoms with Gasteiger partial charge in [-0.05, 0) is 30.3 Å². The first-order valence-electron chi connectivity index (χ1n) is 6.11. The summed E-state index contributed by atoms with van der Waals surface area (Å²) in [6.07, 6.45) is 3.39. The number of nitrogens with zero attached hydrogens (tertiary/aromatic N) is 2. The van der Waals surface area contributed by atoms with E-state index in [0.717, 1.165) is 21.1 Å². The molecule has 0 saturated heterocycles. The molecule has 0 bridgehead atoms. The van der Waals surface area contributed by atoms with Gasteiger partial charge in [-0.15, -0.1) is 0 Å². The van der Waals surface area contributed by atoms with E-state index < -0.39 is 0 Å². The van der Waals surface area contributed by atoms with E-state index in [-0.39, 0.29) is 5.75 Å². The summed E-state index contributed by atoms with van der Waals surface area (Å²) in [6.45, 7) is 0. The van der Waals surface area contributed by atoms with E-state index in [9.17, 15) is 5.11 Å². The molecule has 0 unspecified atom stereocenters. The molecular formula is C16H11BrN2O. The Balaban J connectivity index is 2.08. The molecule has 3 aromatic rings. The minimum atomic E-state index is 0.214. The Kier molecular flexibility index (Phi) is 3.48. The number of halogens is 1. The molecule has 4 heteroatoms. The number of phenols is 1. The second-order valence-corrected chi connectivity index (χ2v) is 5.14. The number of aliphatic imine (C=N–C) groups is 1. The highest BCUT2D eigenvalue weighted by atomic mass is 79.9. The van der Waals surface area contributed by atoms with Crippen LogP contribution >= 0.6 is 15.9 Å². The summed E-state index contributed by atoms with van der Waals surface area (Å²) in [5.74, 6) is 0.214. The Morgan fingerprint density at radius 3 is 2.75 bits per heavy atom. The summed E-state index contributed by atoms with van der Waals surface area (Å²) in [6, 6.07) is 14.8. The highest BCUT2D eigenvalue weighted by Gasteiger charge is 2.04. The predicted octanol–water partition coefficient (Wildman–Crippen LogP) is 4.45. The van der Waals surface area contributed by atoms with Crippen molar-refractivity contribution in [1.82, 2.24) is 4.98 Å². The molecule has 3 rings (SSSR count). The third-order valence-corrected chi connectivity index (χ3v) is 3.67. The molecule has 1 N–H and O–H groups in total. The molecule has 98 valence electrons. The molecule has 0 aliphatic heterocycles. The monoisotopic (exact) mass is 326 g/mol. The Bertz CT molecular complexity index is 799. The van der Waals surface area contributed by atoms with Gasteiger partial charge in [0.2, 0.25) is 0 Å². The molecule has 20 heavy (non-hydrogen) atoms. The van der Waals surface area contributed by atoms with E-state index in [0.29, 0.717) is 5.56 Å². The van der Waals surface area contributed by atoms with Crippen molar-refractivity contribution in [3.05, 3.63) is 64.8 Å². The van der Waals surface area contributed by atoms with Crippen LogP contribution in [0.2, 0.25) is 0 Å². The van der Waals surface area contributed by atoms with Crippen LogP contribution in [-0.2, 0) is 0 Å². The van der Waals surface area contributed by atoms with Crippen molar-refractivity contribution in [2.45, 2.75) is 0 Å². The summed E-state index contributed by atoms with van der Waals surface area (Å²) in [4.78, 5) is 8.81. The van der Waals surface area contributed by atoms with Gasteiger partial charge in [0.25, 0.3) is 0 Å². The number of aromatic hydroxyl groups is 1. The van der Waals surface area contributed by atoms with E-state index >= 15 is 0 Å². The number of phenolic OH excluding ortho intramolecular Hbond substituents is 1. The fraction of sp³-hybridized carbons (Fsp3) is 0. The van der Waals surface area contributed by atoms with Gasteiger partial charge in [0, 0.05) is 27.8 Å². The molecule has 2 aromatic carbocycles. The number of rotatable bonds is 2. The Hall–Kier alpha value is -2.20. The maximum atomic E-state index is 9.73. The molecule has 0 aliphatic carbocycles. The SMILES string of the molecule is Oc1ccccc1C=Nc1ccc(Br)c2cccnc12. The van der Waals surface area contributed by atoms with Crippen LogP contribution < -0.4 is 0 Å². The van der Waals surface area contributed by atoms with Crippen LogP contribution in [0.25, 0.3) is 10.9 Å². The van der Waals surface area contributed by atoms with Gasteiger partial charge in [-0.3, -0.25) is 9.98 Å². The zero-order valence-electron chi connectivity index (χ0n) is 10.5. The minimum absolute atomic E-state index is 0.214. The third kappa shape index (κ3) is 2.42. The highest BCUT2D eigenvalue weighted by Crippen LogP contribution is 2.30. The Labute approximate surface area is 124 Å². The lowest BCUT2D eigenvalue weighted by atomic mass is 10.2.